The van der Waals surface area contributed by atoms with Gasteiger partial charge in [0.25, 0.3) is 0 Å². The highest BCUT2D eigenvalue weighted by atomic mass is 35.5. The summed E-state index contributed by atoms with van der Waals surface area (Å²) >= 11 is 6.10. The van der Waals surface area contributed by atoms with Crippen LogP contribution in [0.25, 0.3) is 5.69 Å². The van der Waals surface area contributed by atoms with Crippen molar-refractivity contribution in [3.63, 3.8) is 0 Å². The molecule has 2 heterocycles. The summed E-state index contributed by atoms with van der Waals surface area (Å²) in [6, 6.07) is 13.7. The Morgan fingerprint density at radius 1 is 1.07 bits per heavy atom. The highest BCUT2D eigenvalue weighted by Gasteiger charge is 2.20. The molecular formula is C20H21ClN4O2. The monoisotopic (exact) mass is 384 g/mol. The van der Waals surface area contributed by atoms with Crippen LogP contribution >= 0.6 is 11.6 Å². The maximum Gasteiger partial charge on any atom is 0.231 e. The van der Waals surface area contributed by atoms with Crippen LogP contribution in [0.5, 0.6) is 11.5 Å². The molecule has 1 N–H and O–H groups in total. The normalized spacial score (nSPS) is 15.0. The Morgan fingerprint density at radius 2 is 1.89 bits per heavy atom. The third-order valence-corrected chi connectivity index (χ3v) is 5.02. The fraction of sp³-hybridized carbons (Fsp3) is 0.300. The maximum atomic E-state index is 6.10. The van der Waals surface area contributed by atoms with Gasteiger partial charge in [0, 0.05) is 11.1 Å². The number of nitrogens with zero attached hydrogens (tertiary/aromatic N) is 3. The summed E-state index contributed by atoms with van der Waals surface area (Å²) in [5.74, 6) is 1.58. The lowest BCUT2D eigenvalue weighted by atomic mass is 10.1. The van der Waals surface area contributed by atoms with Crippen LogP contribution in [0.15, 0.2) is 42.5 Å². The second-order valence-corrected chi connectivity index (χ2v) is 7.11. The Kier molecular flexibility index (Phi) is 4.76. The molecule has 0 saturated heterocycles. The van der Waals surface area contributed by atoms with Gasteiger partial charge in [0.2, 0.25) is 6.79 Å². The first-order chi connectivity index (χ1) is 13.0. The second kappa shape index (κ2) is 7.21. The number of rotatable bonds is 5. The third-order valence-electron chi connectivity index (χ3n) is 4.79. The predicted molar refractivity (Wildman–Crippen MR) is 104 cm³/mol. The Hall–Kier alpha value is -2.57. The van der Waals surface area contributed by atoms with Gasteiger partial charge in [0.05, 0.1) is 17.4 Å². The minimum absolute atomic E-state index is 0.0263. The molecule has 4 rings (SSSR count). The molecule has 2 aromatic carbocycles. The van der Waals surface area contributed by atoms with Crippen molar-refractivity contribution in [2.75, 3.05) is 6.79 Å². The molecule has 6 nitrogen and oxygen atoms in total. The van der Waals surface area contributed by atoms with E-state index in [1.54, 1.807) is 0 Å². The molecule has 7 heteroatoms. The molecule has 1 aliphatic rings. The van der Waals surface area contributed by atoms with Crippen molar-refractivity contribution in [3.05, 3.63) is 64.4 Å². The number of benzene rings is 2. The minimum atomic E-state index is 0.0263. The Labute approximate surface area is 163 Å². The van der Waals surface area contributed by atoms with E-state index in [4.69, 9.17) is 21.1 Å². The van der Waals surface area contributed by atoms with Crippen molar-refractivity contribution in [2.24, 2.45) is 0 Å². The number of ether oxygens (including phenoxy) is 2. The first-order valence-electron chi connectivity index (χ1n) is 8.86. The molecule has 0 fully saturated rings. The lowest BCUT2D eigenvalue weighted by Gasteiger charge is -2.20. The van der Waals surface area contributed by atoms with Crippen LogP contribution in [0, 0.1) is 6.92 Å². The van der Waals surface area contributed by atoms with Crippen LogP contribution in [0.4, 0.5) is 0 Å². The molecule has 0 saturated carbocycles. The average molecular weight is 385 g/mol. The molecule has 140 valence electrons. The molecule has 0 unspecified atom stereocenters. The van der Waals surface area contributed by atoms with E-state index in [0.717, 1.165) is 34.1 Å². The number of halogens is 1. The van der Waals surface area contributed by atoms with Gasteiger partial charge in [-0.05, 0) is 56.7 Å². The van der Waals surface area contributed by atoms with Crippen LogP contribution < -0.4 is 14.8 Å². The third kappa shape index (κ3) is 3.50. The van der Waals surface area contributed by atoms with E-state index in [-0.39, 0.29) is 18.9 Å². The van der Waals surface area contributed by atoms with Crippen LogP contribution in [-0.2, 0) is 0 Å². The number of hydrogen-bond acceptors (Lipinski definition) is 5. The molecule has 2 atom stereocenters. The number of fused-ring (bicyclic) bond motifs is 1. The Morgan fingerprint density at radius 3 is 2.70 bits per heavy atom. The van der Waals surface area contributed by atoms with Crippen molar-refractivity contribution in [2.45, 2.75) is 32.9 Å². The van der Waals surface area contributed by atoms with Gasteiger partial charge in [-0.1, -0.05) is 28.9 Å². The molecule has 1 aromatic heterocycles. The molecule has 0 spiro atoms. The fourth-order valence-corrected chi connectivity index (χ4v) is 3.51. The van der Waals surface area contributed by atoms with Gasteiger partial charge in [-0.15, -0.1) is 5.10 Å². The maximum absolute atomic E-state index is 6.10. The summed E-state index contributed by atoms with van der Waals surface area (Å²) in [6.45, 7) is 6.50. The van der Waals surface area contributed by atoms with Crippen LogP contribution in [-0.4, -0.2) is 21.8 Å². The zero-order valence-electron chi connectivity index (χ0n) is 15.4. The van der Waals surface area contributed by atoms with E-state index in [1.807, 2.05) is 54.1 Å². The second-order valence-electron chi connectivity index (χ2n) is 6.67. The highest BCUT2D eigenvalue weighted by molar-refractivity contribution is 6.30. The van der Waals surface area contributed by atoms with Crippen molar-refractivity contribution in [1.29, 1.82) is 0 Å². The van der Waals surface area contributed by atoms with Gasteiger partial charge >= 0.3 is 0 Å². The SMILES string of the molecule is Cc1c([C@@H](C)N[C@@H](C)c2ccc3c(c2)OCO3)nnn1-c1cccc(Cl)c1. The van der Waals surface area contributed by atoms with E-state index in [2.05, 4.69) is 29.5 Å². The average Bonchev–Trinajstić information content (AvgIpc) is 3.27. The fourth-order valence-electron chi connectivity index (χ4n) is 3.33. The lowest BCUT2D eigenvalue weighted by molar-refractivity contribution is 0.174. The summed E-state index contributed by atoms with van der Waals surface area (Å²) in [5, 5.41) is 13.0. The zero-order chi connectivity index (χ0) is 19.0. The summed E-state index contributed by atoms with van der Waals surface area (Å²) in [5.41, 5.74) is 3.92. The smallest absolute Gasteiger partial charge is 0.231 e. The number of aromatic nitrogens is 3. The molecule has 0 amide bonds. The largest absolute Gasteiger partial charge is 0.454 e. The van der Waals surface area contributed by atoms with E-state index >= 15 is 0 Å². The molecule has 3 aromatic rings. The van der Waals surface area contributed by atoms with Gasteiger partial charge in [-0.3, -0.25) is 0 Å². The first kappa shape index (κ1) is 17.8. The van der Waals surface area contributed by atoms with Crippen molar-refractivity contribution in [1.82, 2.24) is 20.3 Å². The summed E-state index contributed by atoms with van der Waals surface area (Å²) in [6.07, 6.45) is 0. The van der Waals surface area contributed by atoms with Crippen LogP contribution in [0.1, 0.15) is 42.9 Å². The summed E-state index contributed by atoms with van der Waals surface area (Å²) in [7, 11) is 0. The highest BCUT2D eigenvalue weighted by Crippen LogP contribution is 2.34. The van der Waals surface area contributed by atoms with Gasteiger partial charge < -0.3 is 14.8 Å². The quantitative estimate of drug-likeness (QED) is 0.707. The molecular weight excluding hydrogens is 364 g/mol. The first-order valence-corrected chi connectivity index (χ1v) is 9.24. The van der Waals surface area contributed by atoms with Gasteiger partial charge in [0.1, 0.15) is 5.69 Å². The molecule has 27 heavy (non-hydrogen) atoms. The minimum Gasteiger partial charge on any atom is -0.454 e. The van der Waals surface area contributed by atoms with Crippen molar-refractivity contribution < 1.29 is 9.47 Å². The molecule has 0 bridgehead atoms. The summed E-state index contributed by atoms with van der Waals surface area (Å²) < 4.78 is 12.7. The van der Waals surface area contributed by atoms with Crippen molar-refractivity contribution >= 4 is 11.6 Å². The van der Waals surface area contributed by atoms with Gasteiger partial charge in [0.15, 0.2) is 11.5 Å². The van der Waals surface area contributed by atoms with E-state index in [9.17, 15) is 0 Å². The number of nitrogens with one attached hydrogen (secondary N) is 1. The predicted octanol–water partition coefficient (Wildman–Crippen LogP) is 4.37. The Bertz CT molecular complexity index is 972. The zero-order valence-corrected chi connectivity index (χ0v) is 16.2. The van der Waals surface area contributed by atoms with Crippen LogP contribution in [0.2, 0.25) is 5.02 Å². The standard InChI is InChI=1S/C20H21ClN4O2/c1-12(15-7-8-18-19(9-15)27-11-26-18)22-13(2)20-14(3)25(24-23-20)17-6-4-5-16(21)10-17/h4-10,12-13,22H,11H2,1-3H3/t12-,13+/m0/s1. The van der Waals surface area contributed by atoms with Gasteiger partial charge in [-0.25, -0.2) is 4.68 Å². The Balaban J connectivity index is 1.52. The molecule has 1 aliphatic heterocycles. The van der Waals surface area contributed by atoms with E-state index < -0.39 is 0 Å². The van der Waals surface area contributed by atoms with E-state index in [1.165, 1.54) is 0 Å². The van der Waals surface area contributed by atoms with E-state index in [0.29, 0.717) is 5.02 Å². The molecule has 0 aliphatic carbocycles. The number of hydrogen-bond donors (Lipinski definition) is 1. The van der Waals surface area contributed by atoms with Crippen LogP contribution in [0.3, 0.4) is 0 Å². The summed E-state index contributed by atoms with van der Waals surface area (Å²) in [4.78, 5) is 0. The topological polar surface area (TPSA) is 61.2 Å². The van der Waals surface area contributed by atoms with Gasteiger partial charge in [-0.2, -0.15) is 0 Å². The van der Waals surface area contributed by atoms with Crippen molar-refractivity contribution in [3.8, 4) is 17.2 Å². The molecule has 0 radical (unpaired) electrons. The lowest BCUT2D eigenvalue weighted by Crippen LogP contribution is -2.23.